The maximum atomic E-state index is 12.4. The molecule has 0 spiro atoms. The van der Waals surface area contributed by atoms with Crippen molar-refractivity contribution < 1.29 is 14.3 Å². The van der Waals surface area contributed by atoms with Gasteiger partial charge >= 0.3 is 0 Å². The molecule has 0 saturated heterocycles. The van der Waals surface area contributed by atoms with E-state index in [1.807, 2.05) is 6.07 Å². The summed E-state index contributed by atoms with van der Waals surface area (Å²) >= 11 is 0. The number of carbonyl (C=O) groups excluding carboxylic acids is 2. The number of aryl methyl sites for hydroxylation is 1. The number of nitrogens with zero attached hydrogens (tertiary/aromatic N) is 2. The summed E-state index contributed by atoms with van der Waals surface area (Å²) in [6, 6.07) is 5.35. The van der Waals surface area contributed by atoms with Gasteiger partial charge in [0, 0.05) is 25.0 Å². The van der Waals surface area contributed by atoms with E-state index in [0.717, 1.165) is 5.56 Å². The third-order valence-electron chi connectivity index (χ3n) is 3.68. The number of ketones is 2. The van der Waals surface area contributed by atoms with Crippen LogP contribution in [0.2, 0.25) is 0 Å². The van der Waals surface area contributed by atoms with Crippen LogP contribution in [0.5, 0.6) is 5.75 Å². The van der Waals surface area contributed by atoms with Gasteiger partial charge in [-0.25, -0.2) is 4.98 Å². The summed E-state index contributed by atoms with van der Waals surface area (Å²) in [7, 11) is 3.30. The molecule has 0 radical (unpaired) electrons. The van der Waals surface area contributed by atoms with Crippen molar-refractivity contribution in [3.63, 3.8) is 0 Å². The van der Waals surface area contributed by atoms with Crippen molar-refractivity contribution in [2.45, 2.75) is 6.42 Å². The van der Waals surface area contributed by atoms with Crippen LogP contribution in [0.15, 0.2) is 30.6 Å². The number of aromatic nitrogens is 2. The Morgan fingerprint density at radius 2 is 2.25 bits per heavy atom. The second-order valence-corrected chi connectivity index (χ2v) is 4.87. The highest BCUT2D eigenvalue weighted by atomic mass is 16.5. The summed E-state index contributed by atoms with van der Waals surface area (Å²) in [5.74, 6) is -0.0897. The number of methoxy groups -OCH3 is 1. The number of ether oxygens (including phenoxy) is 1. The lowest BCUT2D eigenvalue weighted by molar-refractivity contribution is 0.0814. The lowest BCUT2D eigenvalue weighted by Crippen LogP contribution is -2.23. The van der Waals surface area contributed by atoms with Crippen molar-refractivity contribution in [3.8, 4) is 5.75 Å². The van der Waals surface area contributed by atoms with Crippen LogP contribution in [0.1, 0.15) is 26.5 Å². The molecule has 1 aliphatic carbocycles. The molecule has 0 fully saturated rings. The Morgan fingerprint density at radius 1 is 1.45 bits per heavy atom. The van der Waals surface area contributed by atoms with Gasteiger partial charge in [0.15, 0.2) is 11.6 Å². The van der Waals surface area contributed by atoms with E-state index in [-0.39, 0.29) is 11.6 Å². The van der Waals surface area contributed by atoms with Crippen LogP contribution in [0, 0.1) is 5.92 Å². The van der Waals surface area contributed by atoms with Gasteiger partial charge in [-0.05, 0) is 24.1 Å². The summed E-state index contributed by atoms with van der Waals surface area (Å²) in [4.78, 5) is 28.9. The lowest BCUT2D eigenvalue weighted by atomic mass is 9.99. The van der Waals surface area contributed by atoms with Crippen molar-refractivity contribution in [2.24, 2.45) is 13.0 Å². The molecular formula is C15H14N2O3. The first-order valence-corrected chi connectivity index (χ1v) is 6.34. The molecule has 1 aliphatic rings. The van der Waals surface area contributed by atoms with Crippen molar-refractivity contribution in [1.29, 1.82) is 0 Å². The van der Waals surface area contributed by atoms with Crippen LogP contribution in [0.3, 0.4) is 0 Å². The van der Waals surface area contributed by atoms with E-state index in [9.17, 15) is 9.59 Å². The second kappa shape index (κ2) is 4.59. The molecular weight excluding hydrogens is 256 g/mol. The first-order chi connectivity index (χ1) is 9.61. The van der Waals surface area contributed by atoms with Gasteiger partial charge in [0.25, 0.3) is 0 Å². The number of imidazole rings is 1. The highest BCUT2D eigenvalue weighted by Gasteiger charge is 2.37. The zero-order valence-electron chi connectivity index (χ0n) is 11.3. The average Bonchev–Trinajstić information content (AvgIpc) is 3.02. The monoisotopic (exact) mass is 270 g/mol. The quantitative estimate of drug-likeness (QED) is 0.628. The van der Waals surface area contributed by atoms with E-state index < -0.39 is 5.92 Å². The SMILES string of the molecule is COc1ccc2c(c1)C(=O)C(C(=O)c1nccn1C)C2. The number of hydrogen-bond donors (Lipinski definition) is 0. The molecule has 1 heterocycles. The van der Waals surface area contributed by atoms with Gasteiger partial charge in [-0.3, -0.25) is 9.59 Å². The van der Waals surface area contributed by atoms with Crippen LogP contribution in [-0.2, 0) is 13.5 Å². The van der Waals surface area contributed by atoms with Gasteiger partial charge in [0.2, 0.25) is 5.78 Å². The fourth-order valence-electron chi connectivity index (χ4n) is 2.56. The van der Waals surface area contributed by atoms with Crippen molar-refractivity contribution in [3.05, 3.63) is 47.5 Å². The van der Waals surface area contributed by atoms with Crippen molar-refractivity contribution in [1.82, 2.24) is 9.55 Å². The zero-order valence-corrected chi connectivity index (χ0v) is 11.3. The molecule has 0 aliphatic heterocycles. The zero-order chi connectivity index (χ0) is 14.3. The Kier molecular flexibility index (Phi) is 2.89. The minimum atomic E-state index is -0.668. The number of rotatable bonds is 3. The smallest absolute Gasteiger partial charge is 0.209 e. The molecule has 2 aromatic rings. The van der Waals surface area contributed by atoms with Crippen LogP contribution in [-0.4, -0.2) is 28.2 Å². The Bertz CT molecular complexity index is 703. The Hall–Kier alpha value is -2.43. The Morgan fingerprint density at radius 3 is 2.90 bits per heavy atom. The van der Waals surface area contributed by atoms with Gasteiger partial charge in [0.05, 0.1) is 13.0 Å². The Balaban J connectivity index is 1.94. The van der Waals surface area contributed by atoms with Crippen LogP contribution in [0.25, 0.3) is 0 Å². The molecule has 1 unspecified atom stereocenters. The van der Waals surface area contributed by atoms with Gasteiger partial charge in [0.1, 0.15) is 5.75 Å². The lowest BCUT2D eigenvalue weighted by Gasteiger charge is -2.06. The van der Waals surface area contributed by atoms with E-state index in [4.69, 9.17) is 4.74 Å². The Labute approximate surface area is 116 Å². The van der Waals surface area contributed by atoms with Crippen molar-refractivity contribution >= 4 is 11.6 Å². The molecule has 1 aromatic carbocycles. The molecule has 5 nitrogen and oxygen atoms in total. The minimum Gasteiger partial charge on any atom is -0.497 e. The van der Waals surface area contributed by atoms with E-state index in [0.29, 0.717) is 23.6 Å². The molecule has 0 amide bonds. The van der Waals surface area contributed by atoms with Crippen molar-refractivity contribution in [2.75, 3.05) is 7.11 Å². The predicted molar refractivity (Wildman–Crippen MR) is 72.1 cm³/mol. The maximum absolute atomic E-state index is 12.4. The highest BCUT2D eigenvalue weighted by Crippen LogP contribution is 2.31. The average molecular weight is 270 g/mol. The molecule has 5 heteroatoms. The largest absolute Gasteiger partial charge is 0.497 e. The standard InChI is InChI=1S/C15H14N2O3/c1-17-6-5-16-15(17)14(19)12-7-9-3-4-10(20-2)8-11(9)13(12)18/h3-6,8,12H,7H2,1-2H3. The third-order valence-corrected chi connectivity index (χ3v) is 3.68. The predicted octanol–water partition coefficient (Wildman–Crippen LogP) is 1.67. The summed E-state index contributed by atoms with van der Waals surface area (Å²) < 4.78 is 6.76. The van der Waals surface area contributed by atoms with E-state index >= 15 is 0 Å². The molecule has 20 heavy (non-hydrogen) atoms. The maximum Gasteiger partial charge on any atom is 0.209 e. The normalized spacial score (nSPS) is 17.1. The topological polar surface area (TPSA) is 61.2 Å². The fraction of sp³-hybridized carbons (Fsp3) is 0.267. The van der Waals surface area contributed by atoms with Crippen LogP contribution in [0.4, 0.5) is 0 Å². The molecule has 1 aromatic heterocycles. The summed E-state index contributed by atoms with van der Waals surface area (Å²) in [6.45, 7) is 0. The van der Waals surface area contributed by atoms with Gasteiger partial charge < -0.3 is 9.30 Å². The molecule has 0 N–H and O–H groups in total. The summed E-state index contributed by atoms with van der Waals surface area (Å²) in [5.41, 5.74) is 1.47. The minimum absolute atomic E-state index is 0.146. The van der Waals surface area contributed by atoms with Crippen LogP contribution < -0.4 is 4.74 Å². The number of benzene rings is 1. The first kappa shape index (κ1) is 12.6. The molecule has 102 valence electrons. The third kappa shape index (κ3) is 1.82. The fourth-order valence-corrected chi connectivity index (χ4v) is 2.56. The number of carbonyl (C=O) groups is 2. The molecule has 0 bridgehead atoms. The first-order valence-electron chi connectivity index (χ1n) is 6.34. The van der Waals surface area contributed by atoms with Gasteiger partial charge in [-0.15, -0.1) is 0 Å². The van der Waals surface area contributed by atoms with Crippen LogP contribution >= 0.6 is 0 Å². The van der Waals surface area contributed by atoms with E-state index in [1.54, 1.807) is 43.3 Å². The second-order valence-electron chi connectivity index (χ2n) is 4.87. The number of hydrogen-bond acceptors (Lipinski definition) is 4. The van der Waals surface area contributed by atoms with E-state index in [2.05, 4.69) is 4.98 Å². The number of Topliss-reactive ketones (excluding diaryl/α,β-unsaturated/α-hetero) is 2. The van der Waals surface area contributed by atoms with E-state index in [1.165, 1.54) is 0 Å². The molecule has 3 rings (SSSR count). The van der Waals surface area contributed by atoms with Gasteiger partial charge in [-0.1, -0.05) is 6.07 Å². The summed E-state index contributed by atoms with van der Waals surface area (Å²) in [5, 5.41) is 0. The molecule has 0 saturated carbocycles. The molecule has 1 atom stereocenters. The van der Waals surface area contributed by atoms with Gasteiger partial charge in [-0.2, -0.15) is 0 Å². The summed E-state index contributed by atoms with van der Waals surface area (Å²) in [6.07, 6.45) is 3.69. The highest BCUT2D eigenvalue weighted by molar-refractivity contribution is 6.17. The number of fused-ring (bicyclic) bond motifs is 1.